The molecule has 1 heteroatoms. The third-order valence-corrected chi connectivity index (χ3v) is 2.33. The van der Waals surface area contributed by atoms with Gasteiger partial charge in [0.15, 0.2) is 5.78 Å². The predicted molar refractivity (Wildman–Crippen MR) is 46.3 cm³/mol. The largest absolute Gasteiger partial charge is 0.295 e. The Kier molecular flexibility index (Phi) is 2.17. The van der Waals surface area contributed by atoms with Gasteiger partial charge in [0.1, 0.15) is 0 Å². The second-order valence-corrected chi connectivity index (χ2v) is 4.34. The minimum Gasteiger partial charge on any atom is -0.295 e. The van der Waals surface area contributed by atoms with Crippen LogP contribution in [0.25, 0.3) is 0 Å². The van der Waals surface area contributed by atoms with Crippen molar-refractivity contribution in [2.45, 2.75) is 33.6 Å². The summed E-state index contributed by atoms with van der Waals surface area (Å²) in [5.41, 5.74) is 0.317. The molecule has 0 saturated heterocycles. The smallest absolute Gasteiger partial charge is 0.155 e. The summed E-state index contributed by atoms with van der Waals surface area (Å²) in [5, 5.41) is 0. The zero-order valence-electron chi connectivity index (χ0n) is 7.55. The molecular formula is C10H16O. The number of hydrogen-bond acceptors (Lipinski definition) is 1. The Morgan fingerprint density at radius 2 is 2.09 bits per heavy atom. The van der Waals surface area contributed by atoms with Crippen LogP contribution in [0.15, 0.2) is 12.2 Å². The molecule has 0 aliphatic heterocycles. The molecule has 0 spiro atoms. The zero-order valence-corrected chi connectivity index (χ0v) is 7.55. The number of carbonyl (C=O) groups is 1. The molecule has 0 N–H and O–H groups in total. The van der Waals surface area contributed by atoms with E-state index in [1.807, 2.05) is 0 Å². The Balaban J connectivity index is 2.65. The highest BCUT2D eigenvalue weighted by Crippen LogP contribution is 2.32. The molecule has 0 fully saturated rings. The molecule has 62 valence electrons. The lowest BCUT2D eigenvalue weighted by Gasteiger charge is -2.29. The first-order valence-electron chi connectivity index (χ1n) is 4.21. The molecule has 1 atom stereocenters. The van der Waals surface area contributed by atoms with Crippen molar-refractivity contribution < 1.29 is 4.79 Å². The van der Waals surface area contributed by atoms with E-state index in [4.69, 9.17) is 0 Å². The maximum absolute atomic E-state index is 10.8. The van der Waals surface area contributed by atoms with E-state index < -0.39 is 0 Å². The van der Waals surface area contributed by atoms with Crippen LogP contribution in [0.1, 0.15) is 33.6 Å². The minimum absolute atomic E-state index is 0.283. The summed E-state index contributed by atoms with van der Waals surface area (Å²) in [6.45, 7) is 6.66. The summed E-state index contributed by atoms with van der Waals surface area (Å²) in [5.74, 6) is 0.866. The predicted octanol–water partition coefficient (Wildman–Crippen LogP) is 2.57. The molecule has 0 unspecified atom stereocenters. The Hall–Kier alpha value is -0.590. The van der Waals surface area contributed by atoms with Crippen molar-refractivity contribution in [1.82, 2.24) is 0 Å². The first-order chi connectivity index (χ1) is 5.00. The van der Waals surface area contributed by atoms with E-state index in [0.29, 0.717) is 11.3 Å². The Labute approximate surface area is 68.5 Å². The number of rotatable bonds is 0. The van der Waals surface area contributed by atoms with Crippen LogP contribution in [0.2, 0.25) is 0 Å². The van der Waals surface area contributed by atoms with Gasteiger partial charge in [0.2, 0.25) is 0 Å². The lowest BCUT2D eigenvalue weighted by molar-refractivity contribution is -0.115. The molecule has 11 heavy (non-hydrogen) atoms. The highest BCUT2D eigenvalue weighted by molar-refractivity contribution is 5.90. The molecule has 1 nitrogen and oxygen atoms in total. The van der Waals surface area contributed by atoms with Gasteiger partial charge in [0.25, 0.3) is 0 Å². The van der Waals surface area contributed by atoms with Crippen LogP contribution in [0.5, 0.6) is 0 Å². The van der Waals surface area contributed by atoms with Gasteiger partial charge in [-0.05, 0) is 23.8 Å². The number of carbonyl (C=O) groups excluding carboxylic acids is 1. The maximum atomic E-state index is 10.8. The quantitative estimate of drug-likeness (QED) is 0.521. The molecule has 0 bridgehead atoms. The summed E-state index contributed by atoms with van der Waals surface area (Å²) >= 11 is 0. The molecule has 1 aliphatic rings. The lowest BCUT2D eigenvalue weighted by atomic mass is 9.75. The number of hydrogen-bond donors (Lipinski definition) is 0. The number of allylic oxidation sites excluding steroid dienone is 2. The molecule has 1 rings (SSSR count). The molecule has 0 radical (unpaired) electrons. The molecule has 0 amide bonds. The Morgan fingerprint density at radius 1 is 1.45 bits per heavy atom. The highest BCUT2D eigenvalue weighted by Gasteiger charge is 2.24. The Morgan fingerprint density at radius 3 is 2.45 bits per heavy atom. The van der Waals surface area contributed by atoms with E-state index >= 15 is 0 Å². The summed E-state index contributed by atoms with van der Waals surface area (Å²) in [6, 6.07) is 0. The normalized spacial score (nSPS) is 25.7. The van der Waals surface area contributed by atoms with Crippen LogP contribution in [0.4, 0.5) is 0 Å². The van der Waals surface area contributed by atoms with Crippen LogP contribution in [0.3, 0.4) is 0 Å². The van der Waals surface area contributed by atoms with E-state index in [0.717, 1.165) is 12.8 Å². The maximum Gasteiger partial charge on any atom is 0.155 e. The van der Waals surface area contributed by atoms with Crippen molar-refractivity contribution in [3.8, 4) is 0 Å². The first-order valence-corrected chi connectivity index (χ1v) is 4.21. The van der Waals surface area contributed by atoms with Crippen molar-refractivity contribution in [2.24, 2.45) is 11.3 Å². The van der Waals surface area contributed by atoms with Gasteiger partial charge in [-0.2, -0.15) is 0 Å². The molecule has 0 heterocycles. The fourth-order valence-corrected chi connectivity index (χ4v) is 1.42. The molecule has 0 saturated carbocycles. The monoisotopic (exact) mass is 152 g/mol. The second-order valence-electron chi connectivity index (χ2n) is 4.34. The zero-order chi connectivity index (χ0) is 8.48. The van der Waals surface area contributed by atoms with Crippen molar-refractivity contribution in [2.75, 3.05) is 0 Å². The summed E-state index contributed by atoms with van der Waals surface area (Å²) in [6.07, 6.45) is 5.56. The van der Waals surface area contributed by atoms with Gasteiger partial charge < -0.3 is 0 Å². The summed E-state index contributed by atoms with van der Waals surface area (Å²) in [4.78, 5) is 10.8. The molecule has 1 aliphatic carbocycles. The average Bonchev–Trinajstić information content (AvgIpc) is 1.86. The standard InChI is InChI=1S/C10H16O/c1-10(2,3)8-4-6-9(11)7-5-8/h4,6,8H,5,7H2,1-3H3/t8-/m1/s1. The fourth-order valence-electron chi connectivity index (χ4n) is 1.42. The van der Waals surface area contributed by atoms with E-state index in [1.54, 1.807) is 6.08 Å². The summed E-state index contributed by atoms with van der Waals surface area (Å²) in [7, 11) is 0. The van der Waals surface area contributed by atoms with Crippen LogP contribution in [0, 0.1) is 11.3 Å². The van der Waals surface area contributed by atoms with Crippen LogP contribution in [-0.4, -0.2) is 5.78 Å². The van der Waals surface area contributed by atoms with Gasteiger partial charge >= 0.3 is 0 Å². The van der Waals surface area contributed by atoms with Gasteiger partial charge in [0, 0.05) is 6.42 Å². The third kappa shape index (κ3) is 2.18. The van der Waals surface area contributed by atoms with Crippen LogP contribution >= 0.6 is 0 Å². The lowest BCUT2D eigenvalue weighted by Crippen LogP contribution is -2.21. The van der Waals surface area contributed by atoms with Crippen molar-refractivity contribution in [3.05, 3.63) is 12.2 Å². The van der Waals surface area contributed by atoms with Crippen molar-refractivity contribution >= 4 is 5.78 Å². The average molecular weight is 152 g/mol. The van der Waals surface area contributed by atoms with E-state index in [9.17, 15) is 4.79 Å². The van der Waals surface area contributed by atoms with E-state index in [1.165, 1.54) is 0 Å². The minimum atomic E-state index is 0.283. The van der Waals surface area contributed by atoms with Crippen molar-refractivity contribution in [3.63, 3.8) is 0 Å². The van der Waals surface area contributed by atoms with Gasteiger partial charge in [-0.25, -0.2) is 0 Å². The highest BCUT2D eigenvalue weighted by atomic mass is 16.1. The van der Waals surface area contributed by atoms with Crippen molar-refractivity contribution in [1.29, 1.82) is 0 Å². The topological polar surface area (TPSA) is 17.1 Å². The van der Waals surface area contributed by atoms with Gasteiger partial charge in [-0.3, -0.25) is 4.79 Å². The van der Waals surface area contributed by atoms with E-state index in [-0.39, 0.29) is 5.78 Å². The summed E-state index contributed by atoms with van der Waals surface area (Å²) < 4.78 is 0. The van der Waals surface area contributed by atoms with Gasteiger partial charge in [-0.1, -0.05) is 26.8 Å². The molecule has 0 aromatic rings. The SMILES string of the molecule is CC(C)(C)[C@@H]1C=CC(=O)CC1. The fraction of sp³-hybridized carbons (Fsp3) is 0.700. The van der Waals surface area contributed by atoms with Crippen LogP contribution < -0.4 is 0 Å². The van der Waals surface area contributed by atoms with E-state index in [2.05, 4.69) is 26.8 Å². The molecular weight excluding hydrogens is 136 g/mol. The van der Waals surface area contributed by atoms with Gasteiger partial charge in [0.05, 0.1) is 0 Å². The van der Waals surface area contributed by atoms with Crippen LogP contribution in [-0.2, 0) is 4.79 Å². The third-order valence-electron chi connectivity index (χ3n) is 2.33. The second kappa shape index (κ2) is 2.80. The number of ketones is 1. The Bertz CT molecular complexity index is 184. The molecule has 0 aromatic heterocycles. The molecule has 0 aromatic carbocycles. The van der Waals surface area contributed by atoms with Gasteiger partial charge in [-0.15, -0.1) is 0 Å². The first kappa shape index (κ1) is 8.51.